The third kappa shape index (κ3) is 3.63. The number of benzene rings is 1. The van der Waals surface area contributed by atoms with E-state index in [2.05, 4.69) is 4.98 Å². The number of hydrogen-bond donors (Lipinski definition) is 1. The molecule has 1 aliphatic heterocycles. The Bertz CT molecular complexity index is 1220. The highest BCUT2D eigenvalue weighted by Crippen LogP contribution is 2.49. The number of anilines is 1. The third-order valence-corrected chi connectivity index (χ3v) is 10.8. The van der Waals surface area contributed by atoms with Gasteiger partial charge in [0.2, 0.25) is 10.0 Å². The first-order valence-corrected chi connectivity index (χ1v) is 13.4. The summed E-state index contributed by atoms with van der Waals surface area (Å²) >= 11 is 12.8. The zero-order chi connectivity index (χ0) is 21.7. The summed E-state index contributed by atoms with van der Waals surface area (Å²) < 4.78 is 36.6. The minimum absolute atomic E-state index is 0.0358. The van der Waals surface area contributed by atoms with Gasteiger partial charge in [-0.2, -0.15) is 0 Å². The topological polar surface area (TPSA) is 87.6 Å². The highest BCUT2D eigenvalue weighted by Gasteiger charge is 2.40. The normalized spacial score (nSPS) is 18.3. The van der Waals surface area contributed by atoms with E-state index >= 15 is 0 Å². The van der Waals surface area contributed by atoms with Crippen molar-refractivity contribution in [3.05, 3.63) is 57.3 Å². The summed E-state index contributed by atoms with van der Waals surface area (Å²) in [7, 11) is -2.99. The van der Waals surface area contributed by atoms with E-state index in [9.17, 15) is 17.7 Å². The zero-order valence-electron chi connectivity index (χ0n) is 15.9. The van der Waals surface area contributed by atoms with Crippen LogP contribution in [0.25, 0.3) is 10.7 Å². The molecule has 0 fully saturated rings. The molecule has 6 nitrogen and oxygen atoms in total. The largest absolute Gasteiger partial charge is 0.505 e. The number of aromatic nitrogens is 1. The summed E-state index contributed by atoms with van der Waals surface area (Å²) in [6.45, 7) is 3.81. The van der Waals surface area contributed by atoms with Crippen LogP contribution in [0.2, 0.25) is 10.0 Å². The van der Waals surface area contributed by atoms with E-state index in [4.69, 9.17) is 23.2 Å². The molecule has 1 aromatic heterocycles. The van der Waals surface area contributed by atoms with Crippen molar-refractivity contribution in [2.75, 3.05) is 17.6 Å². The Morgan fingerprint density at radius 1 is 1.24 bits per heavy atom. The van der Waals surface area contributed by atoms with Crippen molar-refractivity contribution < 1.29 is 17.7 Å². The van der Waals surface area contributed by atoms with Crippen LogP contribution in [-0.4, -0.2) is 36.0 Å². The Morgan fingerprint density at radius 2 is 1.90 bits per heavy atom. The lowest BCUT2D eigenvalue weighted by atomic mass is 9.98. The average molecular weight is 493 g/mol. The Kier molecular flexibility index (Phi) is 5.92. The molecule has 11 heteroatoms. The van der Waals surface area contributed by atoms with Gasteiger partial charge in [0.25, 0.3) is 0 Å². The molecule has 1 aromatic carbocycles. The number of pyridine rings is 1. The SMILES string of the molecule is CN(c1c(Cl)ccc(C2=C(O)c3ncccc3C(C)(C)S2=S=O)c1Cl)S(C)(=O)=O. The molecule has 3 rings (SSSR count). The van der Waals surface area contributed by atoms with Crippen LogP contribution in [0, 0.1) is 0 Å². The summed E-state index contributed by atoms with van der Waals surface area (Å²) in [6, 6.07) is 6.66. The fourth-order valence-electron chi connectivity index (χ4n) is 3.15. The van der Waals surface area contributed by atoms with Crippen LogP contribution in [0.5, 0.6) is 0 Å². The Balaban J connectivity index is 2.41. The smallest absolute Gasteiger partial charge is 0.232 e. The Hall–Kier alpha value is -1.39. The lowest BCUT2D eigenvalue weighted by Crippen LogP contribution is -2.30. The minimum Gasteiger partial charge on any atom is -0.505 e. The van der Waals surface area contributed by atoms with Gasteiger partial charge in [0, 0.05) is 23.6 Å². The van der Waals surface area contributed by atoms with Gasteiger partial charge >= 0.3 is 0 Å². The highest BCUT2D eigenvalue weighted by atomic mass is 35.5. The molecule has 0 spiro atoms. The number of fused-ring (bicyclic) bond motifs is 1. The molecule has 0 bridgehead atoms. The van der Waals surface area contributed by atoms with E-state index in [1.165, 1.54) is 13.1 Å². The van der Waals surface area contributed by atoms with Gasteiger partial charge in [-0.1, -0.05) is 35.3 Å². The van der Waals surface area contributed by atoms with E-state index in [0.29, 0.717) is 26.4 Å². The van der Waals surface area contributed by atoms with Crippen LogP contribution >= 0.6 is 23.2 Å². The van der Waals surface area contributed by atoms with Gasteiger partial charge in [0.05, 0.1) is 26.9 Å². The number of aliphatic hydroxyl groups excluding tert-OH is 1. The van der Waals surface area contributed by atoms with Crippen molar-refractivity contribution >= 4 is 69.3 Å². The lowest BCUT2D eigenvalue weighted by Gasteiger charge is -2.35. The molecule has 1 unspecified atom stereocenters. The molecule has 1 N–H and O–H groups in total. The molecule has 2 heterocycles. The van der Waals surface area contributed by atoms with Gasteiger partial charge in [-0.15, -0.1) is 0 Å². The number of hydrogen-bond acceptors (Lipinski definition) is 5. The lowest BCUT2D eigenvalue weighted by molar-refractivity contribution is 0.507. The molecule has 0 saturated heterocycles. The molecule has 0 aliphatic carbocycles. The van der Waals surface area contributed by atoms with E-state index in [0.717, 1.165) is 16.1 Å². The fraction of sp³-hybridized carbons (Fsp3) is 0.278. The maximum atomic E-state index is 12.2. The number of nitrogens with zero attached hydrogens (tertiary/aromatic N) is 2. The van der Waals surface area contributed by atoms with E-state index in [-0.39, 0.29) is 21.5 Å². The average Bonchev–Trinajstić information content (AvgIpc) is 2.64. The van der Waals surface area contributed by atoms with E-state index in [1.54, 1.807) is 18.3 Å². The maximum absolute atomic E-state index is 12.2. The zero-order valence-corrected chi connectivity index (χ0v) is 19.9. The predicted molar refractivity (Wildman–Crippen MR) is 122 cm³/mol. The molecule has 0 radical (unpaired) electrons. The summed E-state index contributed by atoms with van der Waals surface area (Å²) in [6.07, 6.45) is 2.59. The van der Waals surface area contributed by atoms with Crippen LogP contribution in [-0.2, 0) is 34.5 Å². The number of aliphatic hydroxyl groups is 1. The standard InChI is InChI=1S/C18H18Cl2N2O4S3/c1-18(2)11-6-5-9-21-14(11)16(23)17(28(18)27-24)10-7-8-12(19)15(13(10)20)22(3)29(4,25)26/h5-9,23H,1-4H3. The molecule has 156 valence electrons. The molecule has 29 heavy (non-hydrogen) atoms. The van der Waals surface area contributed by atoms with Crippen molar-refractivity contribution in [2.45, 2.75) is 18.6 Å². The third-order valence-electron chi connectivity index (χ3n) is 4.74. The van der Waals surface area contributed by atoms with Gasteiger partial charge < -0.3 is 5.11 Å². The van der Waals surface area contributed by atoms with Crippen LogP contribution in [0.3, 0.4) is 0 Å². The molecule has 1 aliphatic rings. The van der Waals surface area contributed by atoms with Crippen LogP contribution in [0.4, 0.5) is 5.69 Å². The Labute approximate surface area is 184 Å². The van der Waals surface area contributed by atoms with Crippen molar-refractivity contribution in [3.63, 3.8) is 0 Å². The second kappa shape index (κ2) is 7.70. The van der Waals surface area contributed by atoms with Gasteiger partial charge in [0.15, 0.2) is 5.76 Å². The van der Waals surface area contributed by atoms with Crippen LogP contribution < -0.4 is 4.31 Å². The monoisotopic (exact) mass is 492 g/mol. The summed E-state index contributed by atoms with van der Waals surface area (Å²) in [4.78, 5) is 4.62. The van der Waals surface area contributed by atoms with Crippen LogP contribution in [0.15, 0.2) is 30.5 Å². The van der Waals surface area contributed by atoms with Gasteiger partial charge in [-0.05, 0) is 41.0 Å². The molecular formula is C18H18Cl2N2O4S3. The summed E-state index contributed by atoms with van der Waals surface area (Å²) in [5.41, 5.74) is 1.55. The first-order valence-electron chi connectivity index (χ1n) is 8.29. The van der Waals surface area contributed by atoms with Crippen molar-refractivity contribution in [1.82, 2.24) is 4.98 Å². The van der Waals surface area contributed by atoms with Gasteiger partial charge in [-0.3, -0.25) is 9.29 Å². The van der Waals surface area contributed by atoms with Crippen molar-refractivity contribution in [1.29, 1.82) is 0 Å². The highest BCUT2D eigenvalue weighted by molar-refractivity contribution is 8.36. The summed E-state index contributed by atoms with van der Waals surface area (Å²) in [5.74, 6) is -0.149. The quantitative estimate of drug-likeness (QED) is 0.694. The number of rotatable bonds is 3. The van der Waals surface area contributed by atoms with Crippen molar-refractivity contribution in [2.24, 2.45) is 0 Å². The molecular weight excluding hydrogens is 475 g/mol. The predicted octanol–water partition coefficient (Wildman–Crippen LogP) is 4.16. The summed E-state index contributed by atoms with van der Waals surface area (Å²) in [5, 5.41) is 11.2. The molecule has 0 saturated carbocycles. The molecule has 2 aromatic rings. The first kappa shape index (κ1) is 22.3. The van der Waals surface area contributed by atoms with E-state index < -0.39 is 24.2 Å². The Morgan fingerprint density at radius 3 is 2.48 bits per heavy atom. The second-order valence-electron chi connectivity index (χ2n) is 6.91. The van der Waals surface area contributed by atoms with E-state index in [1.807, 2.05) is 19.9 Å². The number of sulfonamides is 1. The van der Waals surface area contributed by atoms with Gasteiger partial charge in [-0.25, -0.2) is 12.6 Å². The maximum Gasteiger partial charge on any atom is 0.232 e. The second-order valence-corrected chi connectivity index (χ2v) is 13.2. The fourth-order valence-corrected chi connectivity index (χ4v) is 7.79. The molecule has 1 atom stereocenters. The number of halogens is 2. The minimum atomic E-state index is -3.64. The van der Waals surface area contributed by atoms with Crippen LogP contribution in [0.1, 0.15) is 30.7 Å². The van der Waals surface area contributed by atoms with Crippen molar-refractivity contribution in [3.8, 4) is 0 Å². The molecule has 0 amide bonds. The van der Waals surface area contributed by atoms with Gasteiger partial charge in [0.1, 0.15) is 15.9 Å². The first-order chi connectivity index (χ1) is 13.4.